The van der Waals surface area contributed by atoms with E-state index in [9.17, 15) is 4.79 Å². The molecule has 4 heterocycles. The fourth-order valence-corrected chi connectivity index (χ4v) is 3.73. The average molecular weight is 448 g/mol. The smallest absolute Gasteiger partial charge is 0.324 e. The molecule has 0 radical (unpaired) electrons. The van der Waals surface area contributed by atoms with Crippen molar-refractivity contribution in [2.45, 2.75) is 26.7 Å². The first-order chi connectivity index (χ1) is 14.2. The Morgan fingerprint density at radius 1 is 1.20 bits per heavy atom. The summed E-state index contributed by atoms with van der Waals surface area (Å²) in [6.07, 6.45) is 0. The molecule has 4 aromatic heterocycles. The summed E-state index contributed by atoms with van der Waals surface area (Å²) in [5.74, 6) is 0.949. The van der Waals surface area contributed by atoms with E-state index in [1.807, 2.05) is 20.0 Å². The van der Waals surface area contributed by atoms with Crippen LogP contribution < -0.4 is 16.2 Å². The Bertz CT molecular complexity index is 1280. The van der Waals surface area contributed by atoms with E-state index >= 15 is 0 Å². The summed E-state index contributed by atoms with van der Waals surface area (Å²) >= 11 is 11.9. The number of aromatic amines is 1. The molecule has 0 aliphatic heterocycles. The van der Waals surface area contributed by atoms with Crippen LogP contribution >= 0.6 is 23.2 Å². The Hall–Kier alpha value is -3.11. The van der Waals surface area contributed by atoms with E-state index in [1.165, 1.54) is 0 Å². The average Bonchev–Trinajstić information content (AvgIpc) is 3.20. The Kier molecular flexibility index (Phi) is 5.12. The highest BCUT2D eigenvalue weighted by molar-refractivity contribution is 6.36. The third kappa shape index (κ3) is 3.71. The Labute approximate surface area is 181 Å². The molecule has 0 aliphatic carbocycles. The van der Waals surface area contributed by atoms with Gasteiger partial charge < -0.3 is 4.98 Å². The minimum Gasteiger partial charge on any atom is -0.324 e. The first kappa shape index (κ1) is 20.2. The van der Waals surface area contributed by atoms with Crippen molar-refractivity contribution in [3.8, 4) is 0 Å². The number of imidazole rings is 1. The monoisotopic (exact) mass is 447 g/mol. The van der Waals surface area contributed by atoms with E-state index in [0.29, 0.717) is 16.9 Å². The molecular weight excluding hydrogens is 429 g/mol. The van der Waals surface area contributed by atoms with Gasteiger partial charge >= 0.3 is 6.03 Å². The van der Waals surface area contributed by atoms with Crippen molar-refractivity contribution in [2.75, 3.05) is 10.7 Å². The number of hydrogen-bond donors (Lipinski definition) is 4. The molecule has 0 atom stereocenters. The van der Waals surface area contributed by atoms with E-state index in [0.717, 1.165) is 22.3 Å². The molecule has 0 saturated carbocycles. The van der Waals surface area contributed by atoms with Gasteiger partial charge in [0.15, 0.2) is 10.8 Å². The molecule has 10 nitrogen and oxygen atoms in total. The molecule has 0 aromatic carbocycles. The topological polar surface area (TPSA) is 125 Å². The largest absolute Gasteiger partial charge is 0.340 e. The van der Waals surface area contributed by atoms with E-state index in [-0.39, 0.29) is 22.2 Å². The highest BCUT2D eigenvalue weighted by Gasteiger charge is 2.16. The number of nitrogens with one attached hydrogen (secondary N) is 4. The highest BCUT2D eigenvalue weighted by Crippen LogP contribution is 2.29. The maximum absolute atomic E-state index is 12.3. The lowest BCUT2D eigenvalue weighted by atomic mass is 10.00. The maximum Gasteiger partial charge on any atom is 0.340 e. The van der Waals surface area contributed by atoms with Crippen LogP contribution in [-0.2, 0) is 7.05 Å². The molecule has 0 bridgehead atoms. The number of carbonyl (C=O) groups is 1. The van der Waals surface area contributed by atoms with Crippen LogP contribution in [0.15, 0.2) is 12.1 Å². The van der Waals surface area contributed by atoms with Crippen LogP contribution in [0.25, 0.3) is 22.1 Å². The molecule has 12 heteroatoms. The van der Waals surface area contributed by atoms with Gasteiger partial charge in [-0.1, -0.05) is 37.0 Å². The van der Waals surface area contributed by atoms with Crippen molar-refractivity contribution >= 4 is 63.1 Å². The molecule has 2 amide bonds. The summed E-state index contributed by atoms with van der Waals surface area (Å²) in [6.45, 7) is 6.15. The van der Waals surface area contributed by atoms with Crippen LogP contribution in [0, 0.1) is 6.92 Å². The van der Waals surface area contributed by atoms with Gasteiger partial charge in [-0.05, 0) is 24.5 Å². The van der Waals surface area contributed by atoms with Crippen LogP contribution in [0.3, 0.4) is 0 Å². The number of hydrogen-bond acceptors (Lipinski definition) is 6. The van der Waals surface area contributed by atoms with Crippen LogP contribution in [0.4, 0.5) is 16.6 Å². The summed E-state index contributed by atoms with van der Waals surface area (Å²) in [4.78, 5) is 27.9. The van der Waals surface area contributed by atoms with Crippen LogP contribution in [0.2, 0.25) is 10.3 Å². The van der Waals surface area contributed by atoms with Crippen molar-refractivity contribution in [1.82, 2.24) is 35.1 Å². The SMILES string of the molecule is Cc1nn(C)c2nc(NNC(=O)Nc3nc4c(Cl)nc(Cl)cc4[nH]3)cc(C(C)C)c12. The molecule has 0 aliphatic rings. The van der Waals surface area contributed by atoms with E-state index < -0.39 is 6.03 Å². The van der Waals surface area contributed by atoms with E-state index in [1.54, 1.807) is 10.7 Å². The number of urea groups is 1. The van der Waals surface area contributed by atoms with Crippen molar-refractivity contribution < 1.29 is 4.79 Å². The molecule has 4 aromatic rings. The van der Waals surface area contributed by atoms with Crippen molar-refractivity contribution in [2.24, 2.45) is 7.05 Å². The number of amides is 2. The summed E-state index contributed by atoms with van der Waals surface area (Å²) < 4.78 is 1.72. The lowest BCUT2D eigenvalue weighted by molar-refractivity contribution is 0.253. The number of nitrogens with zero attached hydrogens (tertiary/aromatic N) is 5. The summed E-state index contributed by atoms with van der Waals surface area (Å²) in [5.41, 5.74) is 9.08. The predicted molar refractivity (Wildman–Crippen MR) is 117 cm³/mol. The number of aromatic nitrogens is 6. The number of anilines is 2. The van der Waals surface area contributed by atoms with Gasteiger partial charge in [0.05, 0.1) is 11.2 Å². The fourth-order valence-electron chi connectivity index (χ4n) is 3.26. The Morgan fingerprint density at radius 2 is 1.97 bits per heavy atom. The number of rotatable bonds is 4. The van der Waals surface area contributed by atoms with E-state index in [4.69, 9.17) is 23.2 Å². The van der Waals surface area contributed by atoms with Gasteiger partial charge in [-0.15, -0.1) is 0 Å². The lowest BCUT2D eigenvalue weighted by Crippen LogP contribution is -2.34. The number of fused-ring (bicyclic) bond motifs is 2. The number of pyridine rings is 2. The standard InChI is InChI=1S/C18H19Cl2N9O/c1-7(2)9-5-12(23-16-13(9)8(3)28-29(16)4)26-27-18(30)25-17-21-10-6-11(19)22-15(20)14(10)24-17/h5-7H,1-4H3,(H,23,26)(H3,21,24,25,27,30). The number of H-pyrrole nitrogens is 1. The first-order valence-electron chi connectivity index (χ1n) is 9.12. The zero-order valence-electron chi connectivity index (χ0n) is 16.6. The minimum absolute atomic E-state index is 0.144. The third-order valence-electron chi connectivity index (χ3n) is 4.55. The second-order valence-corrected chi connectivity index (χ2v) is 7.83. The third-order valence-corrected chi connectivity index (χ3v) is 5.01. The van der Waals surface area contributed by atoms with Gasteiger partial charge in [-0.2, -0.15) is 5.10 Å². The molecule has 0 spiro atoms. The first-order valence-corrected chi connectivity index (χ1v) is 9.87. The quantitative estimate of drug-likeness (QED) is 0.275. The van der Waals surface area contributed by atoms with E-state index in [2.05, 4.69) is 55.1 Å². The van der Waals surface area contributed by atoms with Gasteiger partial charge in [-0.25, -0.2) is 25.2 Å². The number of carbonyl (C=O) groups excluding carboxylic acids is 1. The molecular formula is C18H19Cl2N9O. The summed E-state index contributed by atoms with van der Waals surface area (Å²) in [6, 6.07) is 2.93. The molecule has 0 saturated heterocycles. The van der Waals surface area contributed by atoms with Crippen LogP contribution in [0.5, 0.6) is 0 Å². The Balaban J connectivity index is 1.52. The maximum atomic E-state index is 12.3. The molecule has 156 valence electrons. The molecule has 4 N–H and O–H groups in total. The van der Waals surface area contributed by atoms with Crippen LogP contribution in [-0.4, -0.2) is 35.7 Å². The lowest BCUT2D eigenvalue weighted by Gasteiger charge is -2.13. The molecule has 0 fully saturated rings. The zero-order chi connectivity index (χ0) is 21.6. The van der Waals surface area contributed by atoms with Gasteiger partial charge in [0, 0.05) is 18.5 Å². The molecule has 4 rings (SSSR count). The number of aryl methyl sites for hydroxylation is 2. The number of halogens is 2. The summed E-state index contributed by atoms with van der Waals surface area (Å²) in [7, 11) is 1.84. The highest BCUT2D eigenvalue weighted by atomic mass is 35.5. The van der Waals surface area contributed by atoms with Gasteiger partial charge in [0.1, 0.15) is 16.5 Å². The second-order valence-electron chi connectivity index (χ2n) is 7.08. The predicted octanol–water partition coefficient (Wildman–Crippen LogP) is 4.13. The normalized spacial score (nSPS) is 11.4. The van der Waals surface area contributed by atoms with Gasteiger partial charge in [0.25, 0.3) is 0 Å². The molecule has 0 unspecified atom stereocenters. The van der Waals surface area contributed by atoms with Gasteiger partial charge in [-0.3, -0.25) is 15.4 Å². The van der Waals surface area contributed by atoms with Crippen molar-refractivity contribution in [1.29, 1.82) is 0 Å². The van der Waals surface area contributed by atoms with Crippen molar-refractivity contribution in [3.63, 3.8) is 0 Å². The second kappa shape index (κ2) is 7.62. The van der Waals surface area contributed by atoms with Gasteiger partial charge in [0.2, 0.25) is 5.95 Å². The zero-order valence-corrected chi connectivity index (χ0v) is 18.1. The number of hydrazine groups is 1. The van der Waals surface area contributed by atoms with Crippen LogP contribution in [0.1, 0.15) is 31.0 Å². The minimum atomic E-state index is -0.543. The Morgan fingerprint density at radius 3 is 2.70 bits per heavy atom. The molecule has 30 heavy (non-hydrogen) atoms. The summed E-state index contributed by atoms with van der Waals surface area (Å²) in [5, 5.41) is 8.42. The fraction of sp³-hybridized carbons (Fsp3) is 0.278. The van der Waals surface area contributed by atoms with Crippen molar-refractivity contribution in [3.05, 3.63) is 33.7 Å².